The molecule has 1 heteroatoms. The lowest BCUT2D eigenvalue weighted by molar-refractivity contribution is 0.636. The molecule has 0 aliphatic rings. The van der Waals surface area contributed by atoms with Gasteiger partial charge in [0.1, 0.15) is 0 Å². The maximum absolute atomic E-state index is 8.20. The van der Waals surface area contributed by atoms with Gasteiger partial charge in [-0.1, -0.05) is 71.4 Å². The van der Waals surface area contributed by atoms with Gasteiger partial charge in [-0.05, 0) is 25.7 Å². The van der Waals surface area contributed by atoms with Crippen LogP contribution in [0.4, 0.5) is 0 Å². The minimum atomic E-state index is 0.368. The van der Waals surface area contributed by atoms with Gasteiger partial charge in [0.05, 0.1) is 0 Å². The molecule has 0 rings (SSSR count). The maximum atomic E-state index is 8.20. The molecule has 0 spiro atoms. The van der Waals surface area contributed by atoms with Crippen LogP contribution in [0.5, 0.6) is 0 Å². The van der Waals surface area contributed by atoms with Crippen LogP contribution in [0, 0.1) is 11.3 Å². The lowest BCUT2D eigenvalue weighted by Crippen LogP contribution is -2.12. The highest BCUT2D eigenvalue weighted by Gasteiger charge is 2.12. The van der Waals surface area contributed by atoms with E-state index in [0.29, 0.717) is 5.92 Å². The van der Waals surface area contributed by atoms with E-state index in [4.69, 9.17) is 5.41 Å². The van der Waals surface area contributed by atoms with E-state index in [1.54, 1.807) is 0 Å². The van der Waals surface area contributed by atoms with Crippen LogP contribution in [-0.2, 0) is 0 Å². The maximum Gasteiger partial charge on any atom is 0.0158 e. The number of hydrogen-bond donors (Lipinski definition) is 1. The van der Waals surface area contributed by atoms with E-state index in [0.717, 1.165) is 25.0 Å². The van der Waals surface area contributed by atoms with E-state index in [1.807, 2.05) is 0 Å². The predicted octanol–water partition coefficient (Wildman–Crippen LogP) is 6.14. The zero-order valence-electron chi connectivity index (χ0n) is 13.0. The summed E-state index contributed by atoms with van der Waals surface area (Å²) in [6, 6.07) is 0. The second-order valence-corrected chi connectivity index (χ2v) is 5.33. The quantitative estimate of drug-likeness (QED) is 0.259. The third kappa shape index (κ3) is 7.68. The van der Waals surface area contributed by atoms with Crippen molar-refractivity contribution in [2.45, 2.75) is 85.5 Å². The minimum absolute atomic E-state index is 0.368. The molecule has 0 aromatic rings. The van der Waals surface area contributed by atoms with Crippen LogP contribution in [0.2, 0.25) is 0 Å². The molecule has 0 aliphatic heterocycles. The molecule has 0 saturated heterocycles. The van der Waals surface area contributed by atoms with E-state index in [2.05, 4.69) is 33.8 Å². The Labute approximate surface area is 115 Å². The number of nitrogens with one attached hydrogen (secondary N) is 1. The third-order valence-electron chi connectivity index (χ3n) is 3.73. The van der Waals surface area contributed by atoms with Gasteiger partial charge in [0.2, 0.25) is 0 Å². The van der Waals surface area contributed by atoms with Gasteiger partial charge in [0.15, 0.2) is 0 Å². The first-order valence-corrected chi connectivity index (χ1v) is 7.93. The van der Waals surface area contributed by atoms with Crippen molar-refractivity contribution in [3.05, 3.63) is 11.6 Å². The SMILES string of the molecule is CCC/C=C(\CC)C(C)C(=N)CCCCCCC. The molecular formula is C17H33N. The van der Waals surface area contributed by atoms with Crippen LogP contribution < -0.4 is 0 Å². The Morgan fingerprint density at radius 3 is 2.22 bits per heavy atom. The number of rotatable bonds is 11. The molecule has 0 aromatic carbocycles. The van der Waals surface area contributed by atoms with Crippen molar-refractivity contribution in [1.82, 2.24) is 0 Å². The zero-order chi connectivity index (χ0) is 13.8. The average molecular weight is 251 g/mol. The van der Waals surface area contributed by atoms with Gasteiger partial charge < -0.3 is 5.41 Å². The summed E-state index contributed by atoms with van der Waals surface area (Å²) < 4.78 is 0. The Bertz CT molecular complexity index is 240. The summed E-state index contributed by atoms with van der Waals surface area (Å²) in [6.45, 7) is 8.88. The summed E-state index contributed by atoms with van der Waals surface area (Å²) in [5, 5.41) is 8.20. The Kier molecular flexibility index (Phi) is 11.1. The van der Waals surface area contributed by atoms with Crippen LogP contribution in [0.25, 0.3) is 0 Å². The Morgan fingerprint density at radius 1 is 1.00 bits per heavy atom. The zero-order valence-corrected chi connectivity index (χ0v) is 13.0. The van der Waals surface area contributed by atoms with Gasteiger partial charge in [-0.15, -0.1) is 0 Å². The first kappa shape index (κ1) is 17.4. The van der Waals surface area contributed by atoms with Crippen molar-refractivity contribution in [3.63, 3.8) is 0 Å². The summed E-state index contributed by atoms with van der Waals surface area (Å²) in [4.78, 5) is 0. The Hall–Kier alpha value is -0.590. The predicted molar refractivity (Wildman–Crippen MR) is 83.5 cm³/mol. The molecule has 0 heterocycles. The van der Waals surface area contributed by atoms with Gasteiger partial charge in [0.25, 0.3) is 0 Å². The first-order valence-electron chi connectivity index (χ1n) is 7.93. The summed E-state index contributed by atoms with van der Waals surface area (Å²) in [5.41, 5.74) is 2.41. The van der Waals surface area contributed by atoms with Gasteiger partial charge in [0, 0.05) is 11.6 Å². The molecule has 0 radical (unpaired) electrons. The van der Waals surface area contributed by atoms with E-state index >= 15 is 0 Å². The normalized spacial score (nSPS) is 13.7. The van der Waals surface area contributed by atoms with Crippen LogP contribution in [0.15, 0.2) is 11.6 Å². The van der Waals surface area contributed by atoms with Gasteiger partial charge >= 0.3 is 0 Å². The largest absolute Gasteiger partial charge is 0.309 e. The van der Waals surface area contributed by atoms with E-state index in [9.17, 15) is 0 Å². The summed E-state index contributed by atoms with van der Waals surface area (Å²) in [5.74, 6) is 0.368. The second kappa shape index (κ2) is 11.5. The van der Waals surface area contributed by atoms with Crippen LogP contribution in [0.1, 0.15) is 85.5 Å². The standard InChI is InChI=1S/C17H33N/c1-5-8-10-11-12-14-17(18)15(4)16(7-3)13-9-6-2/h13,15,18H,5-12,14H2,1-4H3/b16-13+,18-17?. The highest BCUT2D eigenvalue weighted by molar-refractivity contribution is 5.85. The Morgan fingerprint density at radius 2 is 1.67 bits per heavy atom. The third-order valence-corrected chi connectivity index (χ3v) is 3.73. The first-order chi connectivity index (χ1) is 8.67. The molecule has 1 atom stereocenters. The van der Waals surface area contributed by atoms with Crippen LogP contribution in [0.3, 0.4) is 0 Å². The fourth-order valence-corrected chi connectivity index (χ4v) is 2.32. The second-order valence-electron chi connectivity index (χ2n) is 5.33. The molecule has 0 saturated carbocycles. The van der Waals surface area contributed by atoms with Crippen molar-refractivity contribution < 1.29 is 0 Å². The molecule has 1 unspecified atom stereocenters. The van der Waals surface area contributed by atoms with Crippen molar-refractivity contribution in [2.75, 3.05) is 0 Å². The van der Waals surface area contributed by atoms with Crippen LogP contribution >= 0.6 is 0 Å². The van der Waals surface area contributed by atoms with Crippen LogP contribution in [-0.4, -0.2) is 5.71 Å². The molecular weight excluding hydrogens is 218 g/mol. The number of unbranched alkanes of at least 4 members (excludes halogenated alkanes) is 5. The Balaban J connectivity index is 3.99. The fraction of sp³-hybridized carbons (Fsp3) is 0.824. The molecule has 0 bridgehead atoms. The van der Waals surface area contributed by atoms with Gasteiger partial charge in [-0.3, -0.25) is 0 Å². The summed E-state index contributed by atoms with van der Waals surface area (Å²) in [6.07, 6.45) is 13.3. The molecule has 106 valence electrons. The van der Waals surface area contributed by atoms with E-state index in [-0.39, 0.29) is 0 Å². The van der Waals surface area contributed by atoms with Crippen molar-refractivity contribution in [1.29, 1.82) is 5.41 Å². The number of allylic oxidation sites excluding steroid dienone is 2. The molecule has 0 aliphatic carbocycles. The molecule has 18 heavy (non-hydrogen) atoms. The monoisotopic (exact) mass is 251 g/mol. The summed E-state index contributed by atoms with van der Waals surface area (Å²) in [7, 11) is 0. The molecule has 0 fully saturated rings. The molecule has 1 nitrogen and oxygen atoms in total. The number of hydrogen-bond acceptors (Lipinski definition) is 1. The average Bonchev–Trinajstić information content (AvgIpc) is 2.38. The van der Waals surface area contributed by atoms with Gasteiger partial charge in [-0.25, -0.2) is 0 Å². The van der Waals surface area contributed by atoms with Gasteiger partial charge in [-0.2, -0.15) is 0 Å². The highest BCUT2D eigenvalue weighted by Crippen LogP contribution is 2.20. The minimum Gasteiger partial charge on any atom is -0.309 e. The van der Waals surface area contributed by atoms with Crippen molar-refractivity contribution in [3.8, 4) is 0 Å². The topological polar surface area (TPSA) is 23.9 Å². The highest BCUT2D eigenvalue weighted by atomic mass is 14.4. The molecule has 0 aromatic heterocycles. The smallest absolute Gasteiger partial charge is 0.0158 e. The van der Waals surface area contributed by atoms with E-state index < -0.39 is 0 Å². The fourth-order valence-electron chi connectivity index (χ4n) is 2.32. The lowest BCUT2D eigenvalue weighted by atomic mass is 9.90. The van der Waals surface area contributed by atoms with Crippen molar-refractivity contribution in [2.24, 2.45) is 5.92 Å². The lowest BCUT2D eigenvalue weighted by Gasteiger charge is -2.16. The van der Waals surface area contributed by atoms with Crippen molar-refractivity contribution >= 4 is 5.71 Å². The molecule has 1 N–H and O–H groups in total. The summed E-state index contributed by atoms with van der Waals surface area (Å²) >= 11 is 0. The van der Waals surface area contributed by atoms with E-state index in [1.165, 1.54) is 44.1 Å². The molecule has 0 amide bonds.